The lowest BCUT2D eigenvalue weighted by Gasteiger charge is -2.25. The fraction of sp³-hybridized carbons (Fsp3) is 0.909. The molecule has 16 heavy (non-hydrogen) atoms. The molecule has 1 amide bonds. The number of ether oxygens (including phenoxy) is 2. The summed E-state index contributed by atoms with van der Waals surface area (Å²) >= 11 is 0. The standard InChI is InChI=1S/C11H20N2O3/c1-11(2,3)16-10(14)13-6-8-9(7-13)15-5-4-12-8/h8-9,12H,4-7H2,1-3H3/t8-,9+/m1/s1. The first-order valence-corrected chi connectivity index (χ1v) is 5.78. The highest BCUT2D eigenvalue weighted by Gasteiger charge is 2.38. The molecule has 2 saturated heterocycles. The average molecular weight is 228 g/mol. The third-order valence-electron chi connectivity index (χ3n) is 2.76. The maximum absolute atomic E-state index is 11.8. The highest BCUT2D eigenvalue weighted by Crippen LogP contribution is 2.19. The molecule has 0 aromatic heterocycles. The van der Waals surface area contributed by atoms with Gasteiger partial charge in [-0.2, -0.15) is 0 Å². The molecular weight excluding hydrogens is 208 g/mol. The van der Waals surface area contributed by atoms with Crippen molar-refractivity contribution < 1.29 is 14.3 Å². The number of rotatable bonds is 0. The zero-order valence-corrected chi connectivity index (χ0v) is 10.2. The highest BCUT2D eigenvalue weighted by molar-refractivity contribution is 5.68. The van der Waals surface area contributed by atoms with Gasteiger partial charge in [-0.05, 0) is 20.8 Å². The van der Waals surface area contributed by atoms with Gasteiger partial charge in [0.15, 0.2) is 0 Å². The third-order valence-corrected chi connectivity index (χ3v) is 2.76. The van der Waals surface area contributed by atoms with Crippen molar-refractivity contribution in [2.45, 2.75) is 38.5 Å². The van der Waals surface area contributed by atoms with E-state index in [1.165, 1.54) is 0 Å². The molecule has 0 aromatic carbocycles. The van der Waals surface area contributed by atoms with Crippen LogP contribution in [0.4, 0.5) is 4.79 Å². The molecule has 5 heteroatoms. The fourth-order valence-corrected chi connectivity index (χ4v) is 2.07. The van der Waals surface area contributed by atoms with Crippen LogP contribution in [0.3, 0.4) is 0 Å². The number of carbonyl (C=O) groups is 1. The Morgan fingerprint density at radius 3 is 2.81 bits per heavy atom. The Morgan fingerprint density at radius 2 is 2.19 bits per heavy atom. The third kappa shape index (κ3) is 2.65. The van der Waals surface area contributed by atoms with E-state index in [9.17, 15) is 4.79 Å². The van der Waals surface area contributed by atoms with Gasteiger partial charge >= 0.3 is 6.09 Å². The van der Waals surface area contributed by atoms with Crippen LogP contribution in [0.15, 0.2) is 0 Å². The van der Waals surface area contributed by atoms with Crippen molar-refractivity contribution in [3.63, 3.8) is 0 Å². The number of hydrogen-bond acceptors (Lipinski definition) is 4. The molecule has 0 radical (unpaired) electrons. The van der Waals surface area contributed by atoms with E-state index < -0.39 is 5.60 Å². The number of fused-ring (bicyclic) bond motifs is 1. The van der Waals surface area contributed by atoms with Crippen LogP contribution in [-0.2, 0) is 9.47 Å². The largest absolute Gasteiger partial charge is 0.444 e. The monoisotopic (exact) mass is 228 g/mol. The number of hydrogen-bond donors (Lipinski definition) is 1. The number of nitrogens with one attached hydrogen (secondary N) is 1. The second-order valence-electron chi connectivity index (χ2n) is 5.36. The molecule has 0 aromatic rings. The summed E-state index contributed by atoms with van der Waals surface area (Å²) in [7, 11) is 0. The van der Waals surface area contributed by atoms with Gasteiger partial charge in [0, 0.05) is 13.1 Å². The predicted molar refractivity (Wildman–Crippen MR) is 59.3 cm³/mol. The van der Waals surface area contributed by atoms with Crippen molar-refractivity contribution in [2.75, 3.05) is 26.2 Å². The van der Waals surface area contributed by atoms with Gasteiger partial charge in [-0.1, -0.05) is 0 Å². The number of morpholine rings is 1. The molecule has 1 N–H and O–H groups in total. The number of nitrogens with zero attached hydrogens (tertiary/aromatic N) is 1. The van der Waals surface area contributed by atoms with Gasteiger partial charge in [-0.25, -0.2) is 4.79 Å². The van der Waals surface area contributed by atoms with Gasteiger partial charge in [0.05, 0.1) is 25.3 Å². The maximum Gasteiger partial charge on any atom is 0.410 e. The minimum Gasteiger partial charge on any atom is -0.444 e. The summed E-state index contributed by atoms with van der Waals surface area (Å²) < 4.78 is 10.9. The lowest BCUT2D eigenvalue weighted by Crippen LogP contribution is -2.47. The van der Waals surface area contributed by atoms with Crippen molar-refractivity contribution in [2.24, 2.45) is 0 Å². The molecule has 0 saturated carbocycles. The maximum atomic E-state index is 11.8. The molecule has 2 fully saturated rings. The van der Waals surface area contributed by atoms with Crippen molar-refractivity contribution in [3.05, 3.63) is 0 Å². The SMILES string of the molecule is CC(C)(C)OC(=O)N1C[C@@H]2OCCN[C@@H]2C1. The molecule has 2 heterocycles. The molecule has 0 bridgehead atoms. The minimum absolute atomic E-state index is 0.126. The van der Waals surface area contributed by atoms with Gasteiger partial charge in [0.25, 0.3) is 0 Å². The van der Waals surface area contributed by atoms with E-state index in [0.717, 1.165) is 13.2 Å². The van der Waals surface area contributed by atoms with Crippen molar-refractivity contribution in [3.8, 4) is 0 Å². The van der Waals surface area contributed by atoms with E-state index in [4.69, 9.17) is 9.47 Å². The van der Waals surface area contributed by atoms with Crippen molar-refractivity contribution in [1.29, 1.82) is 0 Å². The summed E-state index contributed by atoms with van der Waals surface area (Å²) in [6.45, 7) is 8.53. The first-order chi connectivity index (χ1) is 7.46. The Balaban J connectivity index is 1.90. The molecule has 0 unspecified atom stereocenters. The Kier molecular flexibility index (Phi) is 3.08. The van der Waals surface area contributed by atoms with E-state index >= 15 is 0 Å². The Labute approximate surface area is 96.1 Å². The molecule has 0 spiro atoms. The average Bonchev–Trinajstić information content (AvgIpc) is 2.58. The summed E-state index contributed by atoms with van der Waals surface area (Å²) in [6, 6.07) is 0.265. The normalized spacial score (nSPS) is 30.1. The van der Waals surface area contributed by atoms with Crippen LogP contribution in [0.2, 0.25) is 0 Å². The molecule has 5 nitrogen and oxygen atoms in total. The summed E-state index contributed by atoms with van der Waals surface area (Å²) in [5.74, 6) is 0. The van der Waals surface area contributed by atoms with Crippen molar-refractivity contribution in [1.82, 2.24) is 10.2 Å². The minimum atomic E-state index is -0.431. The lowest BCUT2D eigenvalue weighted by atomic mass is 10.2. The lowest BCUT2D eigenvalue weighted by molar-refractivity contribution is 0.0104. The van der Waals surface area contributed by atoms with Gasteiger partial charge in [-0.3, -0.25) is 0 Å². The van der Waals surface area contributed by atoms with E-state index in [2.05, 4.69) is 5.32 Å². The molecule has 2 aliphatic rings. The molecule has 2 aliphatic heterocycles. The van der Waals surface area contributed by atoms with Crippen LogP contribution >= 0.6 is 0 Å². The Hall–Kier alpha value is -0.810. The van der Waals surface area contributed by atoms with Crippen LogP contribution in [0.25, 0.3) is 0 Å². The summed E-state index contributed by atoms with van der Waals surface area (Å²) in [6.07, 6.45) is -0.117. The first-order valence-electron chi connectivity index (χ1n) is 5.78. The first kappa shape index (κ1) is 11.7. The smallest absolute Gasteiger partial charge is 0.410 e. The van der Waals surface area contributed by atoms with Crippen molar-refractivity contribution >= 4 is 6.09 Å². The van der Waals surface area contributed by atoms with Gasteiger partial charge in [0.1, 0.15) is 5.60 Å². The number of likely N-dealkylation sites (tertiary alicyclic amines) is 1. The van der Waals surface area contributed by atoms with E-state index in [0.29, 0.717) is 13.1 Å². The fourth-order valence-electron chi connectivity index (χ4n) is 2.07. The topological polar surface area (TPSA) is 50.8 Å². The van der Waals surface area contributed by atoms with Crippen LogP contribution in [0.5, 0.6) is 0 Å². The zero-order valence-electron chi connectivity index (χ0n) is 10.2. The van der Waals surface area contributed by atoms with E-state index in [1.54, 1.807) is 4.90 Å². The zero-order chi connectivity index (χ0) is 11.8. The Morgan fingerprint density at radius 1 is 1.44 bits per heavy atom. The summed E-state index contributed by atoms with van der Waals surface area (Å²) in [4.78, 5) is 13.5. The van der Waals surface area contributed by atoms with Crippen LogP contribution in [0, 0.1) is 0 Å². The number of amides is 1. The molecular formula is C11H20N2O3. The molecule has 92 valence electrons. The summed E-state index contributed by atoms with van der Waals surface area (Å²) in [5.41, 5.74) is -0.431. The van der Waals surface area contributed by atoms with Gasteiger partial charge in [0.2, 0.25) is 0 Å². The molecule has 0 aliphatic carbocycles. The Bertz CT molecular complexity index is 261. The second-order valence-corrected chi connectivity index (χ2v) is 5.36. The highest BCUT2D eigenvalue weighted by atomic mass is 16.6. The predicted octanol–water partition coefficient (Wildman–Crippen LogP) is 0.594. The quantitative estimate of drug-likeness (QED) is 0.659. The van der Waals surface area contributed by atoms with Crippen LogP contribution in [-0.4, -0.2) is 55.0 Å². The van der Waals surface area contributed by atoms with Crippen LogP contribution in [0.1, 0.15) is 20.8 Å². The van der Waals surface area contributed by atoms with Gasteiger partial charge < -0.3 is 19.7 Å². The molecule has 2 atom stereocenters. The van der Waals surface area contributed by atoms with E-state index in [-0.39, 0.29) is 18.2 Å². The van der Waals surface area contributed by atoms with Gasteiger partial charge in [-0.15, -0.1) is 0 Å². The van der Waals surface area contributed by atoms with E-state index in [1.807, 2.05) is 20.8 Å². The van der Waals surface area contributed by atoms with Crippen LogP contribution < -0.4 is 5.32 Å². The summed E-state index contributed by atoms with van der Waals surface area (Å²) in [5, 5.41) is 3.35. The number of carbonyl (C=O) groups excluding carboxylic acids is 1. The second kappa shape index (κ2) is 4.22. The molecule has 2 rings (SSSR count).